The summed E-state index contributed by atoms with van der Waals surface area (Å²) in [6.45, 7) is 14.2. The Kier molecular flexibility index (Phi) is 12.7. The maximum atomic E-state index is 9.72. The van der Waals surface area contributed by atoms with E-state index in [-0.39, 0.29) is 19.1 Å². The first-order valence-corrected chi connectivity index (χ1v) is 37.7. The second-order valence-corrected chi connectivity index (χ2v) is 42.8. The van der Waals surface area contributed by atoms with E-state index in [2.05, 4.69) is 230 Å². The summed E-state index contributed by atoms with van der Waals surface area (Å²) >= 11 is -5.90. The quantitative estimate of drug-likeness (QED) is 0.101. The van der Waals surface area contributed by atoms with Gasteiger partial charge in [0.2, 0.25) is 0 Å². The van der Waals surface area contributed by atoms with Crippen molar-refractivity contribution in [2.75, 3.05) is 0 Å². The molecule has 0 saturated heterocycles. The molecule has 0 amide bonds. The zero-order valence-corrected chi connectivity index (χ0v) is 46.9. The molecule has 4 unspecified atom stereocenters. The van der Waals surface area contributed by atoms with Gasteiger partial charge in [-0.25, -0.2) is 0 Å². The molecule has 0 radical (unpaired) electrons. The standard InChI is InChI=1S/2C27H27.C12H9Si.2ClH.Zr/c2*1-4-19(3)23-17-22-16-15-20(5-2)27(26(22)18-23)25-14-10-9-13-24(25)21-11-7-6-8-12-21;1-3-7-11-9(5-1)10-6-2-4-8-12(10)13-11;;;/h2*6-19H,4-5H2,1-3H3;1-7H,13H2;2*1H;/q;;;;;+2/p-2. The predicted octanol–water partition coefficient (Wildman–Crippen LogP) is 16.6. The fraction of sp³-hybridized carbons (Fsp3) is 0.212. The number of allylic oxidation sites excluding steroid dienone is 2. The monoisotopic (exact) mass is 1040 g/mol. The number of hydrogen-bond donors (Lipinski definition) is 0. The number of hydrogen-bond acceptors (Lipinski definition) is 0. The van der Waals surface area contributed by atoms with Crippen molar-refractivity contribution >= 4 is 52.3 Å². The summed E-state index contributed by atoms with van der Waals surface area (Å²) in [6.07, 6.45) is 9.02. The van der Waals surface area contributed by atoms with Crippen molar-refractivity contribution in [3.63, 3.8) is 0 Å². The molecule has 1 heterocycles. The van der Waals surface area contributed by atoms with Crippen LogP contribution < -0.4 is 13.6 Å². The summed E-state index contributed by atoms with van der Waals surface area (Å²) in [5.41, 5.74) is 23.6. The van der Waals surface area contributed by atoms with Crippen LogP contribution in [0.2, 0.25) is 0 Å². The molecule has 2 aliphatic carbocycles. The summed E-state index contributed by atoms with van der Waals surface area (Å²) < 4.78 is 0.962. The molecule has 70 heavy (non-hydrogen) atoms. The van der Waals surface area contributed by atoms with Crippen LogP contribution in [0.5, 0.6) is 0 Å². The van der Waals surface area contributed by atoms with Crippen LogP contribution in [0.1, 0.15) is 95.0 Å². The van der Waals surface area contributed by atoms with Crippen LogP contribution in [0.3, 0.4) is 0 Å². The van der Waals surface area contributed by atoms with Gasteiger partial charge >= 0.3 is 431 Å². The second kappa shape index (κ2) is 18.8. The molecule has 8 aromatic rings. The van der Waals surface area contributed by atoms with Crippen LogP contribution in [0.15, 0.2) is 187 Å². The van der Waals surface area contributed by atoms with Crippen LogP contribution >= 0.6 is 17.0 Å². The molecule has 0 N–H and O–H groups in total. The second-order valence-electron chi connectivity index (χ2n) is 20.3. The average molecular weight is 1050 g/mol. The Morgan fingerprint density at radius 3 is 1.31 bits per heavy atom. The van der Waals surface area contributed by atoms with E-state index in [9.17, 15) is 17.0 Å². The van der Waals surface area contributed by atoms with E-state index in [1.54, 1.807) is 0 Å². The minimum atomic E-state index is -5.90. The molecule has 4 heteroatoms. The third-order valence-electron chi connectivity index (χ3n) is 16.8. The summed E-state index contributed by atoms with van der Waals surface area (Å²) in [5.74, 6) is 0.507. The molecule has 11 rings (SSSR count). The zero-order chi connectivity index (χ0) is 48.3. The third-order valence-corrected chi connectivity index (χ3v) is 39.4. The summed E-state index contributed by atoms with van der Waals surface area (Å²) in [6, 6.07) is 66.0. The molecule has 8 aromatic carbocycles. The van der Waals surface area contributed by atoms with Gasteiger partial charge in [0.25, 0.3) is 0 Å². The van der Waals surface area contributed by atoms with Crippen LogP contribution in [-0.4, -0.2) is 9.52 Å². The summed E-state index contributed by atoms with van der Waals surface area (Å²) in [5, 5.41) is 2.96. The van der Waals surface area contributed by atoms with E-state index in [1.165, 1.54) is 114 Å². The number of halogens is 2. The Balaban J connectivity index is 1.25. The van der Waals surface area contributed by atoms with E-state index in [1.807, 2.05) is 0 Å². The van der Waals surface area contributed by atoms with Gasteiger partial charge in [-0.2, -0.15) is 0 Å². The van der Waals surface area contributed by atoms with E-state index >= 15 is 0 Å². The van der Waals surface area contributed by atoms with E-state index in [0.29, 0.717) is 0 Å². The van der Waals surface area contributed by atoms with Crippen LogP contribution in [-0.2, 0) is 29.2 Å². The molecule has 0 aromatic heterocycles. The molecular formula is C66H63Cl2SiZr. The number of rotatable bonds is 13. The van der Waals surface area contributed by atoms with Crippen molar-refractivity contribution in [1.29, 1.82) is 0 Å². The molecule has 1 aliphatic heterocycles. The number of benzene rings is 8. The van der Waals surface area contributed by atoms with Gasteiger partial charge in [-0.05, 0) is 0 Å². The SMILES string of the molecule is CCc1ccc2c(c1-c1ccccc1-c1ccccc1)C=C(C(C)CC)[CH]2[Zr]([Cl])([Cl])([c]1cccc2c1[SiH2]c1ccccc1-2)[CH]1C(C(C)CC)=Cc2c1ccc(CC)c2-c1ccccc1-c1ccccc1. The molecule has 0 saturated carbocycles. The Labute approximate surface area is 427 Å². The maximum absolute atomic E-state index is 9.72. The van der Waals surface area contributed by atoms with Crippen molar-refractivity contribution < 1.29 is 16.4 Å². The van der Waals surface area contributed by atoms with Crippen molar-refractivity contribution in [3.8, 4) is 55.6 Å². The Morgan fingerprint density at radius 2 is 0.857 bits per heavy atom. The van der Waals surface area contributed by atoms with Gasteiger partial charge in [0, 0.05) is 0 Å². The number of aryl methyl sites for hydroxylation is 2. The predicted molar refractivity (Wildman–Crippen MR) is 305 cm³/mol. The molecule has 0 nitrogen and oxygen atoms in total. The van der Waals surface area contributed by atoms with Gasteiger partial charge in [0.15, 0.2) is 0 Å². The molecule has 0 spiro atoms. The molecular weight excluding hydrogens is 983 g/mol. The van der Waals surface area contributed by atoms with E-state index < -0.39 is 25.9 Å². The Morgan fingerprint density at radius 1 is 0.443 bits per heavy atom. The van der Waals surface area contributed by atoms with Crippen LogP contribution in [0.4, 0.5) is 0 Å². The minimum absolute atomic E-state index is 0.165. The van der Waals surface area contributed by atoms with Crippen molar-refractivity contribution in [2.24, 2.45) is 11.8 Å². The molecule has 3 aliphatic rings. The summed E-state index contributed by atoms with van der Waals surface area (Å²) in [7, 11) is 18.5. The van der Waals surface area contributed by atoms with Gasteiger partial charge in [-0.3, -0.25) is 0 Å². The molecule has 0 bridgehead atoms. The van der Waals surface area contributed by atoms with Crippen LogP contribution in [0, 0.1) is 11.8 Å². The first kappa shape index (κ1) is 47.3. The average Bonchev–Trinajstić information content (AvgIpc) is 4.13. The molecule has 4 atom stereocenters. The van der Waals surface area contributed by atoms with Gasteiger partial charge in [0.1, 0.15) is 0 Å². The third kappa shape index (κ3) is 7.45. The Bertz CT molecular complexity index is 3210. The number of fused-ring (bicyclic) bond motifs is 5. The van der Waals surface area contributed by atoms with Crippen molar-refractivity contribution in [3.05, 3.63) is 220 Å². The topological polar surface area (TPSA) is 0 Å². The first-order valence-electron chi connectivity index (χ1n) is 25.9. The fourth-order valence-electron chi connectivity index (χ4n) is 13.0. The van der Waals surface area contributed by atoms with Gasteiger partial charge in [0.05, 0.1) is 0 Å². The zero-order valence-electron chi connectivity index (χ0n) is 41.5. The molecule has 349 valence electrons. The van der Waals surface area contributed by atoms with E-state index in [0.717, 1.165) is 25.7 Å². The first-order chi connectivity index (χ1) is 34.1. The normalized spacial score (nSPS) is 17.5. The van der Waals surface area contributed by atoms with Crippen molar-refractivity contribution in [2.45, 2.75) is 74.5 Å². The molecule has 0 fully saturated rings. The van der Waals surface area contributed by atoms with Gasteiger partial charge < -0.3 is 0 Å². The van der Waals surface area contributed by atoms with Crippen LogP contribution in [0.25, 0.3) is 67.8 Å². The Hall–Kier alpha value is -5.08. The van der Waals surface area contributed by atoms with Gasteiger partial charge in [-0.15, -0.1) is 0 Å². The van der Waals surface area contributed by atoms with Gasteiger partial charge in [-0.1, -0.05) is 0 Å². The van der Waals surface area contributed by atoms with E-state index in [4.69, 9.17) is 0 Å². The summed E-state index contributed by atoms with van der Waals surface area (Å²) in [4.78, 5) is 0. The fourth-order valence-corrected chi connectivity index (χ4v) is 41.0. The van der Waals surface area contributed by atoms with Crippen molar-refractivity contribution in [1.82, 2.24) is 0 Å².